The standard InChI is InChI=1S/C17H34N10O6/c18-9(8-28)13(31)26-11(4-2-6-24-17(21)22)15(33)27-10(3-1-5-23-16(19)20)14(32)25-7-12(29)30/h9-11,28H,1-8,18H2,(H,25,32)(H,26,31)(H,27,33)(H,29,30)(H4,19,20,23)(H4,21,22,24). The van der Waals surface area contributed by atoms with Gasteiger partial charge in [0.15, 0.2) is 11.9 Å². The second-order valence-electron chi connectivity index (χ2n) is 6.92. The SMILES string of the molecule is NC(N)=NCCCC(NC(=O)C(N)CO)C(=O)NC(CCCN=C(N)N)C(=O)NCC(=O)O. The number of guanidine groups is 2. The van der Waals surface area contributed by atoms with E-state index in [1.165, 1.54) is 0 Å². The van der Waals surface area contributed by atoms with Gasteiger partial charge in [0.2, 0.25) is 17.7 Å². The molecule has 0 aliphatic rings. The zero-order valence-corrected chi connectivity index (χ0v) is 18.2. The fraction of sp³-hybridized carbons (Fsp3) is 0.647. The zero-order valence-electron chi connectivity index (χ0n) is 18.2. The number of rotatable bonds is 16. The van der Waals surface area contributed by atoms with Gasteiger partial charge in [0.05, 0.1) is 6.61 Å². The van der Waals surface area contributed by atoms with Gasteiger partial charge in [-0.2, -0.15) is 0 Å². The number of amides is 3. The van der Waals surface area contributed by atoms with Gasteiger partial charge in [0.1, 0.15) is 24.7 Å². The number of aliphatic imine (C=N–C) groups is 2. The van der Waals surface area contributed by atoms with E-state index in [9.17, 15) is 19.2 Å². The van der Waals surface area contributed by atoms with Crippen LogP contribution in [0, 0.1) is 0 Å². The third-order valence-corrected chi connectivity index (χ3v) is 4.10. The van der Waals surface area contributed by atoms with Crippen molar-refractivity contribution in [3.8, 4) is 0 Å². The van der Waals surface area contributed by atoms with Crippen LogP contribution in [0.4, 0.5) is 0 Å². The molecule has 0 radical (unpaired) electrons. The molecule has 0 aliphatic carbocycles. The third kappa shape index (κ3) is 14.1. The summed E-state index contributed by atoms with van der Waals surface area (Å²) in [6.45, 7) is -0.942. The number of carboxylic acids is 1. The van der Waals surface area contributed by atoms with Crippen LogP contribution in [-0.4, -0.2) is 90.2 Å². The lowest BCUT2D eigenvalue weighted by Crippen LogP contribution is -2.56. The Morgan fingerprint density at radius 2 is 1.24 bits per heavy atom. The number of carboxylic acid groups (broad SMARTS) is 1. The monoisotopic (exact) mass is 474 g/mol. The Morgan fingerprint density at radius 1 is 0.788 bits per heavy atom. The van der Waals surface area contributed by atoms with E-state index in [0.717, 1.165) is 0 Å². The predicted molar refractivity (Wildman–Crippen MR) is 119 cm³/mol. The van der Waals surface area contributed by atoms with E-state index >= 15 is 0 Å². The summed E-state index contributed by atoms with van der Waals surface area (Å²) in [5.74, 6) is -3.80. The number of nitrogens with one attached hydrogen (secondary N) is 3. The maximum atomic E-state index is 12.8. The summed E-state index contributed by atoms with van der Waals surface area (Å²) >= 11 is 0. The van der Waals surface area contributed by atoms with Crippen molar-refractivity contribution in [3.05, 3.63) is 0 Å². The highest BCUT2D eigenvalue weighted by Crippen LogP contribution is 2.04. The number of aliphatic carboxylic acids is 1. The molecule has 0 bridgehead atoms. The molecule has 0 saturated heterocycles. The summed E-state index contributed by atoms with van der Waals surface area (Å²) in [5.41, 5.74) is 26.5. The molecule has 0 aliphatic heterocycles. The average molecular weight is 475 g/mol. The van der Waals surface area contributed by atoms with Crippen LogP contribution in [0.2, 0.25) is 0 Å². The minimum atomic E-state index is -1.27. The first-order valence-electron chi connectivity index (χ1n) is 10.0. The lowest BCUT2D eigenvalue weighted by molar-refractivity contribution is -0.138. The van der Waals surface area contributed by atoms with Crippen LogP contribution in [0.5, 0.6) is 0 Å². The molecule has 0 saturated carbocycles. The van der Waals surface area contributed by atoms with Gasteiger partial charge in [-0.1, -0.05) is 0 Å². The molecule has 33 heavy (non-hydrogen) atoms. The number of hydrogen-bond donors (Lipinski definition) is 10. The fourth-order valence-electron chi connectivity index (χ4n) is 2.46. The molecule has 3 atom stereocenters. The number of nitrogens with two attached hydrogens (primary N) is 5. The minimum Gasteiger partial charge on any atom is -0.480 e. The van der Waals surface area contributed by atoms with Crippen LogP contribution in [0.25, 0.3) is 0 Å². The summed E-state index contributed by atoms with van der Waals surface area (Å²) in [7, 11) is 0. The molecule has 0 heterocycles. The number of aliphatic hydroxyl groups excluding tert-OH is 1. The quantitative estimate of drug-likeness (QED) is 0.0571. The molecular weight excluding hydrogens is 440 g/mol. The van der Waals surface area contributed by atoms with Crippen molar-refractivity contribution in [2.75, 3.05) is 26.2 Å². The van der Waals surface area contributed by atoms with Crippen molar-refractivity contribution in [2.45, 2.75) is 43.8 Å². The van der Waals surface area contributed by atoms with E-state index in [4.69, 9.17) is 38.9 Å². The van der Waals surface area contributed by atoms with Crippen molar-refractivity contribution in [1.82, 2.24) is 16.0 Å². The number of carbonyl (C=O) groups excluding carboxylic acids is 3. The largest absolute Gasteiger partial charge is 0.480 e. The van der Waals surface area contributed by atoms with Crippen molar-refractivity contribution in [2.24, 2.45) is 38.7 Å². The van der Waals surface area contributed by atoms with Crippen molar-refractivity contribution in [3.63, 3.8) is 0 Å². The highest BCUT2D eigenvalue weighted by Gasteiger charge is 2.27. The molecule has 16 heteroatoms. The van der Waals surface area contributed by atoms with E-state index in [-0.39, 0.29) is 37.9 Å². The number of hydrogen-bond acceptors (Lipinski definition) is 8. The van der Waals surface area contributed by atoms with Gasteiger partial charge in [-0.15, -0.1) is 0 Å². The van der Waals surface area contributed by atoms with Crippen LogP contribution in [0.3, 0.4) is 0 Å². The maximum absolute atomic E-state index is 12.8. The molecule has 0 spiro atoms. The molecule has 0 rings (SSSR count). The van der Waals surface area contributed by atoms with E-state index in [2.05, 4.69) is 25.9 Å². The van der Waals surface area contributed by atoms with Gasteiger partial charge in [-0.3, -0.25) is 29.2 Å². The highest BCUT2D eigenvalue weighted by atomic mass is 16.4. The van der Waals surface area contributed by atoms with Gasteiger partial charge in [-0.05, 0) is 25.7 Å². The first-order chi connectivity index (χ1) is 15.5. The van der Waals surface area contributed by atoms with E-state index in [0.29, 0.717) is 12.8 Å². The average Bonchev–Trinajstić information content (AvgIpc) is 2.74. The molecule has 16 nitrogen and oxygen atoms in total. The van der Waals surface area contributed by atoms with Gasteiger partial charge in [-0.25, -0.2) is 0 Å². The molecular formula is C17H34N10O6. The summed E-state index contributed by atoms with van der Waals surface area (Å²) in [5, 5.41) is 24.9. The topological polar surface area (TPSA) is 300 Å². The zero-order chi connectivity index (χ0) is 25.4. The number of carbonyl (C=O) groups is 4. The van der Waals surface area contributed by atoms with Gasteiger partial charge < -0.3 is 54.8 Å². The van der Waals surface area contributed by atoms with Crippen molar-refractivity contribution < 1.29 is 29.4 Å². The first kappa shape index (κ1) is 29.3. The van der Waals surface area contributed by atoms with Crippen LogP contribution in [-0.2, 0) is 19.2 Å². The Labute approximate surface area is 190 Å². The molecule has 0 aromatic rings. The molecule has 0 fully saturated rings. The Morgan fingerprint density at radius 3 is 1.67 bits per heavy atom. The molecule has 3 amide bonds. The van der Waals surface area contributed by atoms with Gasteiger partial charge in [0.25, 0.3) is 0 Å². The van der Waals surface area contributed by atoms with Crippen LogP contribution in [0.15, 0.2) is 9.98 Å². The molecule has 0 aromatic carbocycles. The van der Waals surface area contributed by atoms with E-state index in [1.54, 1.807) is 0 Å². The number of aliphatic hydroxyl groups is 1. The lowest BCUT2D eigenvalue weighted by atomic mass is 10.1. The predicted octanol–water partition coefficient (Wildman–Crippen LogP) is -5.42. The highest BCUT2D eigenvalue weighted by molar-refractivity contribution is 5.93. The summed E-state index contributed by atoms with van der Waals surface area (Å²) in [6, 6.07) is -3.52. The molecule has 188 valence electrons. The van der Waals surface area contributed by atoms with Gasteiger partial charge in [0, 0.05) is 13.1 Å². The first-order valence-corrected chi connectivity index (χ1v) is 10.0. The van der Waals surface area contributed by atoms with Crippen LogP contribution in [0.1, 0.15) is 25.7 Å². The second-order valence-corrected chi connectivity index (χ2v) is 6.92. The van der Waals surface area contributed by atoms with Gasteiger partial charge >= 0.3 is 5.97 Å². The summed E-state index contributed by atoms with van der Waals surface area (Å²) in [4.78, 5) is 55.6. The Balaban J connectivity index is 5.35. The fourth-order valence-corrected chi connectivity index (χ4v) is 2.46. The molecule has 3 unspecified atom stereocenters. The normalized spacial score (nSPS) is 13.0. The Kier molecular flexibility index (Phi) is 14.3. The van der Waals surface area contributed by atoms with Crippen LogP contribution >= 0.6 is 0 Å². The van der Waals surface area contributed by atoms with E-state index < -0.39 is 55.0 Å². The number of nitrogens with zero attached hydrogens (tertiary/aromatic N) is 2. The smallest absolute Gasteiger partial charge is 0.322 e. The maximum Gasteiger partial charge on any atom is 0.322 e. The molecule has 15 N–H and O–H groups in total. The van der Waals surface area contributed by atoms with Crippen molar-refractivity contribution in [1.29, 1.82) is 0 Å². The lowest BCUT2D eigenvalue weighted by Gasteiger charge is -2.23. The van der Waals surface area contributed by atoms with Crippen molar-refractivity contribution >= 4 is 35.6 Å². The molecule has 0 aromatic heterocycles. The summed E-state index contributed by atoms with van der Waals surface area (Å²) < 4.78 is 0. The third-order valence-electron chi connectivity index (χ3n) is 4.10. The Hall–Kier alpha value is -3.66. The second kappa shape index (κ2) is 16.0. The summed E-state index contributed by atoms with van der Waals surface area (Å²) in [6.07, 6.45) is 0.758. The minimum absolute atomic E-state index is 0.0821. The Bertz CT molecular complexity index is 721. The van der Waals surface area contributed by atoms with E-state index in [1.807, 2.05) is 0 Å². The van der Waals surface area contributed by atoms with Crippen LogP contribution < -0.4 is 44.6 Å².